The Hall–Kier alpha value is -1.81. The van der Waals surface area contributed by atoms with Crippen molar-refractivity contribution in [1.29, 1.82) is 0 Å². The number of hydrogen-bond donors (Lipinski definition) is 1. The zero-order chi connectivity index (χ0) is 13.4. The lowest BCUT2D eigenvalue weighted by atomic mass is 10.1. The molecular weight excluding hydrogens is 242 g/mol. The Kier molecular flexibility index (Phi) is 3.03. The smallest absolute Gasteiger partial charge is 0.320 e. The van der Waals surface area contributed by atoms with Crippen LogP contribution in [-0.4, -0.2) is 28.6 Å². The van der Waals surface area contributed by atoms with Gasteiger partial charge in [-0.3, -0.25) is 9.69 Å². The van der Waals surface area contributed by atoms with Gasteiger partial charge in [0.15, 0.2) is 0 Å². The molecule has 1 fully saturated rings. The van der Waals surface area contributed by atoms with Crippen LogP contribution in [0.5, 0.6) is 0 Å². The highest BCUT2D eigenvalue weighted by molar-refractivity contribution is 5.82. The van der Waals surface area contributed by atoms with E-state index in [2.05, 4.69) is 0 Å². The second-order valence-electron chi connectivity index (χ2n) is 5.10. The summed E-state index contributed by atoms with van der Waals surface area (Å²) in [6.07, 6.45) is 1.69. The summed E-state index contributed by atoms with van der Waals surface area (Å²) in [5.74, 6) is 0.167. The fraction of sp³-hybridized carbons (Fsp3) is 0.400. The number of carbonyl (C=O) groups is 1. The maximum Gasteiger partial charge on any atom is 0.320 e. The minimum absolute atomic E-state index is 0.354. The minimum atomic E-state index is -0.719. The molecule has 0 spiro atoms. The van der Waals surface area contributed by atoms with Crippen LogP contribution in [0.4, 0.5) is 0 Å². The van der Waals surface area contributed by atoms with Crippen molar-refractivity contribution in [2.45, 2.75) is 32.4 Å². The van der Waals surface area contributed by atoms with Gasteiger partial charge in [-0.25, -0.2) is 0 Å². The van der Waals surface area contributed by atoms with Gasteiger partial charge in [0.2, 0.25) is 0 Å². The van der Waals surface area contributed by atoms with Crippen LogP contribution in [0.2, 0.25) is 0 Å². The Morgan fingerprint density at radius 1 is 1.47 bits per heavy atom. The van der Waals surface area contributed by atoms with Crippen molar-refractivity contribution in [3.8, 4) is 0 Å². The number of hydrogen-bond acceptors (Lipinski definition) is 3. The van der Waals surface area contributed by atoms with Gasteiger partial charge >= 0.3 is 5.97 Å². The molecule has 1 aromatic carbocycles. The number of carboxylic acid groups (broad SMARTS) is 1. The molecule has 1 aromatic heterocycles. The summed E-state index contributed by atoms with van der Waals surface area (Å²) in [6.45, 7) is 3.44. The van der Waals surface area contributed by atoms with E-state index in [4.69, 9.17) is 4.42 Å². The SMILES string of the molecule is Cc1oc2ccccc2c1CN1CCC[C@@H]1C(=O)O. The third-order valence-corrected chi connectivity index (χ3v) is 3.91. The molecule has 100 valence electrons. The predicted molar refractivity (Wildman–Crippen MR) is 72.0 cm³/mol. The van der Waals surface area contributed by atoms with Gasteiger partial charge in [-0.05, 0) is 32.4 Å². The number of likely N-dealkylation sites (tertiary alicyclic amines) is 1. The van der Waals surface area contributed by atoms with Crippen molar-refractivity contribution in [3.05, 3.63) is 35.6 Å². The third-order valence-electron chi connectivity index (χ3n) is 3.91. The van der Waals surface area contributed by atoms with Crippen molar-refractivity contribution in [1.82, 2.24) is 4.90 Å². The molecule has 1 aliphatic rings. The Morgan fingerprint density at radius 3 is 3.05 bits per heavy atom. The summed E-state index contributed by atoms with van der Waals surface area (Å²) < 4.78 is 5.73. The molecular formula is C15H17NO3. The number of furan rings is 1. The maximum absolute atomic E-state index is 11.2. The molecule has 1 aliphatic heterocycles. The quantitative estimate of drug-likeness (QED) is 0.920. The number of para-hydroxylation sites is 1. The number of rotatable bonds is 3. The average Bonchev–Trinajstić information content (AvgIpc) is 2.96. The van der Waals surface area contributed by atoms with E-state index in [0.717, 1.165) is 41.7 Å². The molecule has 1 N–H and O–H groups in total. The van der Waals surface area contributed by atoms with E-state index < -0.39 is 5.97 Å². The fourth-order valence-electron chi connectivity index (χ4n) is 2.92. The molecule has 0 radical (unpaired) electrons. The summed E-state index contributed by atoms with van der Waals surface area (Å²) in [5, 5.41) is 10.3. The van der Waals surface area contributed by atoms with E-state index in [1.165, 1.54) is 0 Å². The van der Waals surface area contributed by atoms with Crippen LogP contribution >= 0.6 is 0 Å². The van der Waals surface area contributed by atoms with Crippen LogP contribution in [0.15, 0.2) is 28.7 Å². The van der Waals surface area contributed by atoms with Gasteiger partial charge in [-0.15, -0.1) is 0 Å². The van der Waals surface area contributed by atoms with Gasteiger partial charge in [-0.1, -0.05) is 18.2 Å². The number of carboxylic acids is 1. The summed E-state index contributed by atoms with van der Waals surface area (Å²) in [6, 6.07) is 7.56. The molecule has 1 atom stereocenters. The van der Waals surface area contributed by atoms with Crippen LogP contribution < -0.4 is 0 Å². The normalized spacial score (nSPS) is 20.2. The number of benzene rings is 1. The summed E-state index contributed by atoms with van der Waals surface area (Å²) in [5.41, 5.74) is 1.99. The third kappa shape index (κ3) is 2.12. The standard InChI is InChI=1S/C15H17NO3/c1-10-12(11-5-2-3-7-14(11)19-10)9-16-8-4-6-13(16)15(17)18/h2-3,5,7,13H,4,6,8-9H2,1H3,(H,17,18)/t13-/m1/s1. The van der Waals surface area contributed by atoms with Crippen molar-refractivity contribution in [2.24, 2.45) is 0 Å². The molecule has 2 aromatic rings. The van der Waals surface area contributed by atoms with Crippen LogP contribution in [-0.2, 0) is 11.3 Å². The van der Waals surface area contributed by atoms with Crippen LogP contribution in [0.25, 0.3) is 11.0 Å². The highest BCUT2D eigenvalue weighted by Crippen LogP contribution is 2.29. The number of aliphatic carboxylic acids is 1. The highest BCUT2D eigenvalue weighted by Gasteiger charge is 2.31. The first kappa shape index (κ1) is 12.2. The summed E-state index contributed by atoms with van der Waals surface area (Å²) in [7, 11) is 0. The molecule has 0 saturated carbocycles. The van der Waals surface area contributed by atoms with E-state index in [1.54, 1.807) is 0 Å². The lowest BCUT2D eigenvalue weighted by Gasteiger charge is -2.20. The Morgan fingerprint density at radius 2 is 2.26 bits per heavy atom. The molecule has 4 heteroatoms. The van der Waals surface area contributed by atoms with E-state index in [0.29, 0.717) is 6.54 Å². The van der Waals surface area contributed by atoms with Crippen LogP contribution in [0, 0.1) is 6.92 Å². The van der Waals surface area contributed by atoms with Gasteiger partial charge < -0.3 is 9.52 Å². The topological polar surface area (TPSA) is 53.7 Å². The monoisotopic (exact) mass is 259 g/mol. The first-order valence-electron chi connectivity index (χ1n) is 6.60. The Balaban J connectivity index is 1.93. The van der Waals surface area contributed by atoms with E-state index in [9.17, 15) is 9.90 Å². The highest BCUT2D eigenvalue weighted by atomic mass is 16.4. The molecule has 0 bridgehead atoms. The fourth-order valence-corrected chi connectivity index (χ4v) is 2.92. The molecule has 0 unspecified atom stereocenters. The predicted octanol–water partition coefficient (Wildman–Crippen LogP) is 2.79. The van der Waals surface area contributed by atoms with Crippen LogP contribution in [0.1, 0.15) is 24.2 Å². The second kappa shape index (κ2) is 4.70. The van der Waals surface area contributed by atoms with Crippen molar-refractivity contribution in [3.63, 3.8) is 0 Å². The molecule has 0 aliphatic carbocycles. The molecule has 3 rings (SSSR count). The van der Waals surface area contributed by atoms with Gasteiger partial charge in [0.1, 0.15) is 17.4 Å². The summed E-state index contributed by atoms with van der Waals surface area (Å²) >= 11 is 0. The molecule has 1 saturated heterocycles. The maximum atomic E-state index is 11.2. The van der Waals surface area contributed by atoms with E-state index in [-0.39, 0.29) is 6.04 Å². The van der Waals surface area contributed by atoms with Crippen molar-refractivity contribution >= 4 is 16.9 Å². The van der Waals surface area contributed by atoms with Crippen LogP contribution in [0.3, 0.4) is 0 Å². The minimum Gasteiger partial charge on any atom is -0.480 e. The average molecular weight is 259 g/mol. The largest absolute Gasteiger partial charge is 0.480 e. The van der Waals surface area contributed by atoms with E-state index >= 15 is 0 Å². The van der Waals surface area contributed by atoms with Gasteiger partial charge in [0, 0.05) is 17.5 Å². The zero-order valence-electron chi connectivity index (χ0n) is 10.9. The van der Waals surface area contributed by atoms with Crippen molar-refractivity contribution in [2.75, 3.05) is 6.54 Å². The molecule has 2 heterocycles. The molecule has 19 heavy (non-hydrogen) atoms. The lowest BCUT2D eigenvalue weighted by molar-refractivity contribution is -0.142. The number of aryl methyl sites for hydroxylation is 1. The van der Waals surface area contributed by atoms with Gasteiger partial charge in [0.05, 0.1) is 0 Å². The number of nitrogens with zero attached hydrogens (tertiary/aromatic N) is 1. The second-order valence-corrected chi connectivity index (χ2v) is 5.10. The number of fused-ring (bicyclic) bond motifs is 1. The summed E-state index contributed by atoms with van der Waals surface area (Å²) in [4.78, 5) is 13.3. The van der Waals surface area contributed by atoms with Gasteiger partial charge in [-0.2, -0.15) is 0 Å². The van der Waals surface area contributed by atoms with Gasteiger partial charge in [0.25, 0.3) is 0 Å². The van der Waals surface area contributed by atoms with E-state index in [1.807, 2.05) is 36.1 Å². The Bertz CT molecular complexity index is 617. The molecule has 0 amide bonds. The van der Waals surface area contributed by atoms with Crippen molar-refractivity contribution < 1.29 is 14.3 Å². The zero-order valence-corrected chi connectivity index (χ0v) is 10.9. The molecule has 4 nitrogen and oxygen atoms in total. The first-order chi connectivity index (χ1) is 9.16. The Labute approximate surface area is 111 Å². The first-order valence-corrected chi connectivity index (χ1v) is 6.60. The lowest BCUT2D eigenvalue weighted by Crippen LogP contribution is -2.35.